The predicted octanol–water partition coefficient (Wildman–Crippen LogP) is 3.03. The minimum absolute atomic E-state index is 0.183. The van der Waals surface area contributed by atoms with E-state index in [1.165, 1.54) is 0 Å². The molecule has 0 atom stereocenters. The van der Waals surface area contributed by atoms with E-state index in [0.29, 0.717) is 5.82 Å². The lowest BCUT2D eigenvalue weighted by Gasteiger charge is -2.01. The topological polar surface area (TPSA) is 59.3 Å². The number of benzene rings is 2. The Kier molecular flexibility index (Phi) is 4.52. The minimum atomic E-state index is -0.197. The van der Waals surface area contributed by atoms with Crippen molar-refractivity contribution in [1.29, 1.82) is 0 Å². The molecule has 0 spiro atoms. The molecule has 0 fully saturated rings. The number of hydrogen-bond acceptors (Lipinski definition) is 3. The second-order valence-corrected chi connectivity index (χ2v) is 6.01. The average Bonchev–Trinajstić information content (AvgIpc) is 2.86. The van der Waals surface area contributed by atoms with Crippen molar-refractivity contribution in [2.45, 2.75) is 6.42 Å². The first-order valence-electron chi connectivity index (χ1n) is 7.11. The van der Waals surface area contributed by atoms with Gasteiger partial charge in [0.1, 0.15) is 5.82 Å². The summed E-state index contributed by atoms with van der Waals surface area (Å²) in [5, 5.41) is 3.97. The van der Waals surface area contributed by atoms with Crippen LogP contribution in [0.4, 0.5) is 0 Å². The van der Waals surface area contributed by atoms with Crippen molar-refractivity contribution in [3.63, 3.8) is 0 Å². The molecule has 6 heteroatoms. The molecule has 0 aliphatic rings. The van der Waals surface area contributed by atoms with Crippen LogP contribution in [0.2, 0.25) is 0 Å². The van der Waals surface area contributed by atoms with Crippen molar-refractivity contribution in [2.75, 3.05) is 0 Å². The fraction of sp³-hybridized carbons (Fsp3) is 0.118. The smallest absolute Gasteiger partial charge is 0.247 e. The number of rotatable bonds is 4. The summed E-state index contributed by atoms with van der Waals surface area (Å²) in [7, 11) is 1.91. The standard InChI is InChI=1S/C17H15BrN4O/c1-22-15-5-3-2-4-14(15)20-16(22)10-17(23)21-19-11-12-6-8-13(18)9-7-12/h2-9,11H,10H2,1H3,(H,21,23)/b19-11-. The first kappa shape index (κ1) is 15.4. The van der Waals surface area contributed by atoms with Crippen molar-refractivity contribution in [2.24, 2.45) is 12.1 Å². The number of aromatic nitrogens is 2. The van der Waals surface area contributed by atoms with Gasteiger partial charge in [0.05, 0.1) is 23.7 Å². The summed E-state index contributed by atoms with van der Waals surface area (Å²) in [6, 6.07) is 15.5. The summed E-state index contributed by atoms with van der Waals surface area (Å²) in [6.07, 6.45) is 1.79. The van der Waals surface area contributed by atoms with Gasteiger partial charge in [-0.3, -0.25) is 4.79 Å². The molecule has 3 rings (SSSR count). The number of halogens is 1. The molecule has 5 nitrogen and oxygen atoms in total. The van der Waals surface area contributed by atoms with Crippen LogP contribution in [-0.4, -0.2) is 21.7 Å². The highest BCUT2D eigenvalue weighted by atomic mass is 79.9. The predicted molar refractivity (Wildman–Crippen MR) is 94.3 cm³/mol. The Morgan fingerprint density at radius 1 is 1.26 bits per heavy atom. The lowest BCUT2D eigenvalue weighted by molar-refractivity contribution is -0.120. The Morgan fingerprint density at radius 2 is 2.00 bits per heavy atom. The number of nitrogens with zero attached hydrogens (tertiary/aromatic N) is 3. The van der Waals surface area contributed by atoms with E-state index in [1.54, 1.807) is 6.21 Å². The number of carbonyl (C=O) groups excluding carboxylic acids is 1. The monoisotopic (exact) mass is 370 g/mol. The molecule has 2 aromatic carbocycles. The van der Waals surface area contributed by atoms with Gasteiger partial charge in [0.2, 0.25) is 5.91 Å². The number of carbonyl (C=O) groups is 1. The van der Waals surface area contributed by atoms with Crippen LogP contribution in [0.15, 0.2) is 58.1 Å². The fourth-order valence-electron chi connectivity index (χ4n) is 2.26. The molecule has 0 saturated heterocycles. The second kappa shape index (κ2) is 6.75. The van der Waals surface area contributed by atoms with Crippen molar-refractivity contribution in [3.05, 3.63) is 64.4 Å². The van der Waals surface area contributed by atoms with Crippen LogP contribution in [0, 0.1) is 0 Å². The van der Waals surface area contributed by atoms with Gasteiger partial charge in [-0.2, -0.15) is 5.10 Å². The summed E-state index contributed by atoms with van der Waals surface area (Å²) in [4.78, 5) is 16.5. The van der Waals surface area contributed by atoms with Crippen LogP contribution in [0.25, 0.3) is 11.0 Å². The number of fused-ring (bicyclic) bond motifs is 1. The molecular formula is C17H15BrN4O. The summed E-state index contributed by atoms with van der Waals surface area (Å²) in [6.45, 7) is 0. The van der Waals surface area contributed by atoms with Crippen molar-refractivity contribution in [3.8, 4) is 0 Å². The summed E-state index contributed by atoms with van der Waals surface area (Å²) < 4.78 is 2.92. The van der Waals surface area contributed by atoms with E-state index in [4.69, 9.17) is 0 Å². The Balaban J connectivity index is 1.64. The van der Waals surface area contributed by atoms with Gasteiger partial charge in [-0.1, -0.05) is 40.2 Å². The molecule has 23 heavy (non-hydrogen) atoms. The minimum Gasteiger partial charge on any atom is -0.331 e. The molecule has 1 amide bonds. The second-order valence-electron chi connectivity index (χ2n) is 5.10. The van der Waals surface area contributed by atoms with Crippen LogP contribution >= 0.6 is 15.9 Å². The number of hydrogen-bond donors (Lipinski definition) is 1. The highest BCUT2D eigenvalue weighted by Crippen LogP contribution is 2.14. The SMILES string of the molecule is Cn1c(CC(=O)N/N=C\c2ccc(Br)cc2)nc2ccccc21. The molecule has 3 aromatic rings. The molecule has 0 radical (unpaired) electrons. The molecule has 1 aromatic heterocycles. The number of aryl methyl sites for hydroxylation is 1. The van der Waals surface area contributed by atoms with Gasteiger partial charge >= 0.3 is 0 Å². The zero-order valence-corrected chi connectivity index (χ0v) is 14.1. The first-order valence-corrected chi connectivity index (χ1v) is 7.90. The van der Waals surface area contributed by atoms with E-state index >= 15 is 0 Å². The lowest BCUT2D eigenvalue weighted by Crippen LogP contribution is -2.21. The van der Waals surface area contributed by atoms with Crippen LogP contribution in [0.1, 0.15) is 11.4 Å². The molecule has 1 heterocycles. The van der Waals surface area contributed by atoms with Gasteiger partial charge in [-0.05, 0) is 29.8 Å². The van der Waals surface area contributed by atoms with E-state index < -0.39 is 0 Å². The first-order chi connectivity index (χ1) is 11.1. The normalized spacial score (nSPS) is 11.2. The summed E-state index contributed by atoms with van der Waals surface area (Å²) in [5.74, 6) is 0.513. The van der Waals surface area contributed by atoms with Crippen LogP contribution in [0.5, 0.6) is 0 Å². The highest BCUT2D eigenvalue weighted by molar-refractivity contribution is 9.10. The summed E-state index contributed by atoms with van der Waals surface area (Å²) >= 11 is 3.37. The van der Waals surface area contributed by atoms with E-state index in [9.17, 15) is 4.79 Å². The Labute approximate surface area is 142 Å². The molecule has 116 valence electrons. The maximum atomic E-state index is 12.0. The molecule has 0 aliphatic heterocycles. The van der Waals surface area contributed by atoms with Crippen molar-refractivity contribution < 1.29 is 4.79 Å². The van der Waals surface area contributed by atoms with E-state index in [0.717, 1.165) is 21.1 Å². The van der Waals surface area contributed by atoms with Crippen LogP contribution in [-0.2, 0) is 18.3 Å². The molecule has 0 bridgehead atoms. The maximum absolute atomic E-state index is 12.0. The Hall–Kier alpha value is -2.47. The number of imidazole rings is 1. The van der Waals surface area contributed by atoms with Gasteiger partial charge in [0.15, 0.2) is 0 Å². The molecule has 0 saturated carbocycles. The maximum Gasteiger partial charge on any atom is 0.247 e. The van der Waals surface area contributed by atoms with Gasteiger partial charge < -0.3 is 4.57 Å². The lowest BCUT2D eigenvalue weighted by atomic mass is 10.2. The van der Waals surface area contributed by atoms with Crippen LogP contribution in [0.3, 0.4) is 0 Å². The highest BCUT2D eigenvalue weighted by Gasteiger charge is 2.10. The average molecular weight is 371 g/mol. The Morgan fingerprint density at radius 3 is 2.74 bits per heavy atom. The molecule has 0 unspecified atom stereocenters. The van der Waals surface area contributed by atoms with Gasteiger partial charge in [0, 0.05) is 11.5 Å². The third kappa shape index (κ3) is 3.65. The fourth-order valence-corrected chi connectivity index (χ4v) is 2.53. The number of amides is 1. The van der Waals surface area contributed by atoms with E-state index in [2.05, 4.69) is 31.4 Å². The van der Waals surface area contributed by atoms with E-state index in [-0.39, 0.29) is 12.3 Å². The number of para-hydroxylation sites is 2. The van der Waals surface area contributed by atoms with Gasteiger partial charge in [-0.25, -0.2) is 10.4 Å². The quantitative estimate of drug-likeness (QED) is 0.566. The largest absolute Gasteiger partial charge is 0.331 e. The zero-order valence-electron chi connectivity index (χ0n) is 12.5. The Bertz CT molecular complexity index is 868. The molecule has 0 aliphatic carbocycles. The third-order valence-corrected chi connectivity index (χ3v) is 4.00. The van der Waals surface area contributed by atoms with Gasteiger partial charge in [0.25, 0.3) is 0 Å². The molecular weight excluding hydrogens is 356 g/mol. The van der Waals surface area contributed by atoms with Crippen molar-refractivity contribution >= 4 is 39.1 Å². The number of hydrazone groups is 1. The van der Waals surface area contributed by atoms with Gasteiger partial charge in [-0.15, -0.1) is 0 Å². The zero-order chi connectivity index (χ0) is 16.2. The summed E-state index contributed by atoms with van der Waals surface area (Å²) in [5.41, 5.74) is 5.34. The third-order valence-electron chi connectivity index (χ3n) is 3.47. The van der Waals surface area contributed by atoms with Crippen LogP contribution < -0.4 is 5.43 Å². The molecule has 1 N–H and O–H groups in total. The number of nitrogens with one attached hydrogen (secondary N) is 1. The van der Waals surface area contributed by atoms with E-state index in [1.807, 2.05) is 60.1 Å². The van der Waals surface area contributed by atoms with Crippen molar-refractivity contribution in [1.82, 2.24) is 15.0 Å².